The van der Waals surface area contributed by atoms with Crippen LogP contribution in [0.4, 0.5) is 8.78 Å². The molecule has 1 aliphatic heterocycles. The lowest BCUT2D eigenvalue weighted by molar-refractivity contribution is -0.151. The van der Waals surface area contributed by atoms with E-state index in [1.807, 2.05) is 0 Å². The zero-order chi connectivity index (χ0) is 28.3. The number of aliphatic hydroxyl groups excluding tert-OH is 1. The molecule has 0 aliphatic carbocycles. The van der Waals surface area contributed by atoms with Gasteiger partial charge in [0, 0.05) is 0 Å². The number of carbonyl (C=O) groups excluding carboxylic acids is 1. The molecule has 1 saturated heterocycles. The van der Waals surface area contributed by atoms with Crippen LogP contribution in [0.25, 0.3) is 0 Å². The van der Waals surface area contributed by atoms with Crippen molar-refractivity contribution in [1.29, 1.82) is 0 Å². The molecular formula is C23H30F2N3O9P. The van der Waals surface area contributed by atoms with Crippen molar-refractivity contribution >= 4 is 13.6 Å². The standard InChI is InChI=1S/C23H30F2N3O9P/c1-13(2)35-20(31)14(3)11-38(33,37-15-7-5-4-6-8-15)34-10-17-18(29)23(26,12-24)21(36-17)28-9-16(25)19(30)27-22(28)32/h4-9,13-14,17-18,21,29H,10-12,26H2,1-3H3,(H,27,30,32)/t14-,17-,18+,21-,23?,38-/m1/s1. The number of benzene rings is 1. The molecule has 2 aromatic rings. The number of aliphatic hydroxyl groups is 1. The summed E-state index contributed by atoms with van der Waals surface area (Å²) < 4.78 is 64.0. The number of nitrogens with one attached hydrogen (secondary N) is 1. The van der Waals surface area contributed by atoms with E-state index in [1.165, 1.54) is 19.1 Å². The summed E-state index contributed by atoms with van der Waals surface area (Å²) in [6.07, 6.45) is -5.41. The fourth-order valence-electron chi connectivity index (χ4n) is 3.80. The van der Waals surface area contributed by atoms with Crippen molar-refractivity contribution in [1.82, 2.24) is 9.55 Å². The van der Waals surface area contributed by atoms with Crippen molar-refractivity contribution in [3.05, 3.63) is 63.2 Å². The molecule has 1 unspecified atom stereocenters. The lowest BCUT2D eigenvalue weighted by atomic mass is 9.92. The van der Waals surface area contributed by atoms with E-state index >= 15 is 0 Å². The number of alkyl halides is 1. The van der Waals surface area contributed by atoms with Gasteiger partial charge >= 0.3 is 19.3 Å². The minimum atomic E-state index is -4.14. The number of esters is 1. The smallest absolute Gasteiger partial charge is 0.380 e. The highest BCUT2D eigenvalue weighted by Crippen LogP contribution is 2.51. The van der Waals surface area contributed by atoms with Gasteiger partial charge in [-0.2, -0.15) is 4.39 Å². The number of halogens is 2. The normalized spacial score (nSPS) is 25.6. The summed E-state index contributed by atoms with van der Waals surface area (Å²) in [5.41, 5.74) is 1.28. The number of nitrogens with two attached hydrogens (primary N) is 1. The maximum atomic E-state index is 14.1. The molecule has 6 atom stereocenters. The molecule has 3 rings (SSSR count). The molecule has 1 fully saturated rings. The minimum absolute atomic E-state index is 0.165. The van der Waals surface area contributed by atoms with E-state index in [4.69, 9.17) is 24.3 Å². The van der Waals surface area contributed by atoms with Crippen LogP contribution in [0.1, 0.15) is 27.0 Å². The summed E-state index contributed by atoms with van der Waals surface area (Å²) in [4.78, 5) is 37.7. The number of hydrogen-bond acceptors (Lipinski definition) is 10. The summed E-state index contributed by atoms with van der Waals surface area (Å²) in [6, 6.07) is 7.96. The second kappa shape index (κ2) is 11.9. The van der Waals surface area contributed by atoms with E-state index < -0.39 is 86.1 Å². The number of rotatable bonds is 11. The Labute approximate surface area is 216 Å². The van der Waals surface area contributed by atoms with Crippen LogP contribution in [-0.4, -0.2) is 63.9 Å². The van der Waals surface area contributed by atoms with Crippen molar-refractivity contribution in [2.24, 2.45) is 11.7 Å². The molecule has 38 heavy (non-hydrogen) atoms. The Bertz CT molecular complexity index is 1290. The lowest BCUT2D eigenvalue weighted by Gasteiger charge is -2.30. The maximum absolute atomic E-state index is 14.1. The first-order valence-electron chi connectivity index (χ1n) is 11.7. The van der Waals surface area contributed by atoms with E-state index in [9.17, 15) is 32.8 Å². The van der Waals surface area contributed by atoms with Gasteiger partial charge in [0.1, 0.15) is 30.2 Å². The Kier molecular flexibility index (Phi) is 9.26. The average Bonchev–Trinajstić information content (AvgIpc) is 3.10. The number of aromatic amines is 1. The number of hydrogen-bond donors (Lipinski definition) is 3. The Hall–Kier alpha value is -2.90. The first-order chi connectivity index (χ1) is 17.8. The van der Waals surface area contributed by atoms with Crippen molar-refractivity contribution < 1.29 is 41.8 Å². The third kappa shape index (κ3) is 6.56. The molecule has 1 aromatic carbocycles. The SMILES string of the molecule is CC(C)OC(=O)[C@H](C)C[P@@](=O)(OC[C@H]1O[C@@H](n2cc(F)c(=O)[nH]c2=O)C(N)(CF)[C@H]1O)Oc1ccccc1. The van der Waals surface area contributed by atoms with Crippen LogP contribution in [0.2, 0.25) is 0 Å². The van der Waals surface area contributed by atoms with Gasteiger partial charge in [-0.15, -0.1) is 0 Å². The highest BCUT2D eigenvalue weighted by Gasteiger charge is 2.56. The molecule has 1 aromatic heterocycles. The highest BCUT2D eigenvalue weighted by molar-refractivity contribution is 7.54. The van der Waals surface area contributed by atoms with Gasteiger partial charge in [0.05, 0.1) is 31.0 Å². The second-order valence-corrected chi connectivity index (χ2v) is 11.3. The molecule has 15 heteroatoms. The molecule has 0 bridgehead atoms. The average molecular weight is 561 g/mol. The Morgan fingerprint density at radius 3 is 2.55 bits per heavy atom. The Balaban J connectivity index is 1.85. The fraction of sp³-hybridized carbons (Fsp3) is 0.522. The second-order valence-electron chi connectivity index (χ2n) is 9.24. The van der Waals surface area contributed by atoms with Crippen LogP contribution in [0.5, 0.6) is 5.75 Å². The van der Waals surface area contributed by atoms with Crippen molar-refractivity contribution in [3.63, 3.8) is 0 Å². The van der Waals surface area contributed by atoms with E-state index in [1.54, 1.807) is 37.0 Å². The number of aromatic nitrogens is 2. The number of nitrogens with zero attached hydrogens (tertiary/aromatic N) is 1. The van der Waals surface area contributed by atoms with E-state index in [2.05, 4.69) is 0 Å². The van der Waals surface area contributed by atoms with Crippen LogP contribution >= 0.6 is 7.60 Å². The Morgan fingerprint density at radius 2 is 1.95 bits per heavy atom. The van der Waals surface area contributed by atoms with Gasteiger partial charge < -0.3 is 24.8 Å². The zero-order valence-corrected chi connectivity index (χ0v) is 21.8. The molecule has 12 nitrogen and oxygen atoms in total. The molecule has 1 aliphatic rings. The first-order valence-corrected chi connectivity index (χ1v) is 13.4. The van der Waals surface area contributed by atoms with Crippen molar-refractivity contribution in [2.45, 2.75) is 50.8 Å². The summed E-state index contributed by atoms with van der Waals surface area (Å²) in [5.74, 6) is -2.77. The van der Waals surface area contributed by atoms with Gasteiger partial charge in [-0.05, 0) is 26.0 Å². The lowest BCUT2D eigenvalue weighted by Crippen LogP contribution is -2.58. The minimum Gasteiger partial charge on any atom is -0.463 e. The molecule has 0 radical (unpaired) electrons. The van der Waals surface area contributed by atoms with E-state index in [0.717, 1.165) is 0 Å². The Morgan fingerprint density at radius 1 is 1.29 bits per heavy atom. The fourth-order valence-corrected chi connectivity index (χ4v) is 5.67. The van der Waals surface area contributed by atoms with Crippen molar-refractivity contribution in [3.8, 4) is 5.75 Å². The molecular weight excluding hydrogens is 531 g/mol. The number of ether oxygens (including phenoxy) is 2. The van der Waals surface area contributed by atoms with E-state index in [-0.39, 0.29) is 5.75 Å². The summed E-state index contributed by atoms with van der Waals surface area (Å²) in [7, 11) is -4.14. The quantitative estimate of drug-likeness (QED) is 0.269. The van der Waals surface area contributed by atoms with Crippen LogP contribution in [0, 0.1) is 11.7 Å². The predicted octanol–water partition coefficient (Wildman–Crippen LogP) is 1.48. The summed E-state index contributed by atoms with van der Waals surface area (Å²) >= 11 is 0. The number of carbonyl (C=O) groups is 1. The maximum Gasteiger partial charge on any atom is 0.380 e. The summed E-state index contributed by atoms with van der Waals surface area (Å²) in [6.45, 7) is 2.68. The zero-order valence-electron chi connectivity index (χ0n) is 20.9. The third-order valence-electron chi connectivity index (χ3n) is 5.75. The topological polar surface area (TPSA) is 172 Å². The van der Waals surface area contributed by atoms with Gasteiger partial charge in [-0.1, -0.05) is 25.1 Å². The third-order valence-corrected chi connectivity index (χ3v) is 7.78. The van der Waals surface area contributed by atoms with Crippen molar-refractivity contribution in [2.75, 3.05) is 19.4 Å². The van der Waals surface area contributed by atoms with E-state index in [0.29, 0.717) is 10.8 Å². The molecule has 4 N–H and O–H groups in total. The van der Waals surface area contributed by atoms with Crippen LogP contribution in [0.15, 0.2) is 46.1 Å². The largest absolute Gasteiger partial charge is 0.463 e. The number of H-pyrrole nitrogens is 1. The van der Waals surface area contributed by atoms with Gasteiger partial charge in [-0.25, -0.2) is 13.8 Å². The highest BCUT2D eigenvalue weighted by atomic mass is 31.2. The predicted molar refractivity (Wildman–Crippen MR) is 130 cm³/mol. The van der Waals surface area contributed by atoms with Gasteiger partial charge in [0.15, 0.2) is 6.23 Å². The molecule has 0 amide bonds. The van der Waals surface area contributed by atoms with Crippen LogP contribution < -0.4 is 21.5 Å². The molecule has 2 heterocycles. The molecule has 0 saturated carbocycles. The van der Waals surface area contributed by atoms with Gasteiger partial charge in [-0.3, -0.25) is 23.7 Å². The van der Waals surface area contributed by atoms with Crippen LogP contribution in [0.3, 0.4) is 0 Å². The van der Waals surface area contributed by atoms with Gasteiger partial charge in [0.25, 0.3) is 5.56 Å². The summed E-state index contributed by atoms with van der Waals surface area (Å²) in [5, 5.41) is 10.8. The first kappa shape index (κ1) is 29.7. The van der Waals surface area contributed by atoms with Crippen LogP contribution in [-0.2, 0) is 23.4 Å². The molecule has 0 spiro atoms. The monoisotopic (exact) mass is 561 g/mol. The molecule has 210 valence electrons. The number of para-hydroxylation sites is 1. The van der Waals surface area contributed by atoms with Gasteiger partial charge in [0.2, 0.25) is 5.82 Å².